The lowest BCUT2D eigenvalue weighted by Gasteiger charge is -2.13. The van der Waals surface area contributed by atoms with Crippen LogP contribution in [-0.4, -0.2) is 20.1 Å². The Morgan fingerprint density at radius 3 is 2.52 bits per heavy atom. The molecule has 8 heteroatoms. The maximum absolute atomic E-state index is 12.9. The second-order valence-electron chi connectivity index (χ2n) is 6.06. The second-order valence-corrected chi connectivity index (χ2v) is 6.06. The first kappa shape index (κ1) is 18.6. The minimum absolute atomic E-state index is 0.0796. The lowest BCUT2D eigenvalue weighted by molar-refractivity contribution is -0.137. The predicted molar refractivity (Wildman–Crippen MR) is 90.5 cm³/mol. The third-order valence-corrected chi connectivity index (χ3v) is 4.23. The fourth-order valence-electron chi connectivity index (χ4n) is 2.68. The van der Waals surface area contributed by atoms with Crippen LogP contribution in [-0.2, 0) is 6.18 Å². The van der Waals surface area contributed by atoms with E-state index in [-0.39, 0.29) is 17.3 Å². The van der Waals surface area contributed by atoms with E-state index in [9.17, 15) is 18.3 Å². The van der Waals surface area contributed by atoms with Crippen molar-refractivity contribution in [2.75, 3.05) is 0 Å². The molecule has 5 nitrogen and oxygen atoms in total. The molecule has 1 heterocycles. The molecular weight excluding hydrogens is 357 g/mol. The summed E-state index contributed by atoms with van der Waals surface area (Å²) >= 11 is 0. The van der Waals surface area contributed by atoms with E-state index >= 15 is 0 Å². The van der Waals surface area contributed by atoms with E-state index in [1.165, 1.54) is 23.0 Å². The van der Waals surface area contributed by atoms with Gasteiger partial charge in [0.2, 0.25) is 0 Å². The largest absolute Gasteiger partial charge is 0.416 e. The van der Waals surface area contributed by atoms with Crippen molar-refractivity contribution in [2.24, 2.45) is 0 Å². The zero-order chi connectivity index (χ0) is 19.6. The number of hydrogen-bond donors (Lipinski definition) is 1. The number of aromatic nitrogens is 3. The van der Waals surface area contributed by atoms with Gasteiger partial charge < -0.3 is 5.11 Å². The first-order chi connectivity index (χ1) is 12.8. The predicted octanol–water partition coefficient (Wildman–Crippen LogP) is 3.86. The number of benzene rings is 2. The van der Waals surface area contributed by atoms with Gasteiger partial charge in [0.05, 0.1) is 29.4 Å². The summed E-state index contributed by atoms with van der Waals surface area (Å²) in [6, 6.07) is 13.2. The quantitative estimate of drug-likeness (QED) is 0.755. The van der Waals surface area contributed by atoms with Crippen molar-refractivity contribution in [3.63, 3.8) is 0 Å². The molecule has 0 bridgehead atoms. The van der Waals surface area contributed by atoms with Gasteiger partial charge in [0.1, 0.15) is 11.8 Å². The van der Waals surface area contributed by atoms with Crippen molar-refractivity contribution in [3.05, 3.63) is 82.7 Å². The molecule has 0 saturated carbocycles. The van der Waals surface area contributed by atoms with Crippen molar-refractivity contribution in [2.45, 2.75) is 25.2 Å². The molecule has 0 aliphatic heterocycles. The summed E-state index contributed by atoms with van der Waals surface area (Å²) in [5, 5.41) is 27.3. The third-order valence-electron chi connectivity index (χ3n) is 4.23. The van der Waals surface area contributed by atoms with Gasteiger partial charge >= 0.3 is 6.18 Å². The highest BCUT2D eigenvalue weighted by Crippen LogP contribution is 2.32. The van der Waals surface area contributed by atoms with Gasteiger partial charge in [0, 0.05) is 0 Å². The SMILES string of the molecule is CC(c1cccc(C#N)c1)n1cc(C(O)c2cccc(C(F)(F)F)c2)nn1. The number of alkyl halides is 3. The number of halogens is 3. The minimum Gasteiger partial charge on any atom is -0.382 e. The standard InChI is InChI=1S/C19H15F3N4O/c1-12(14-5-2-4-13(8-14)10-23)26-11-17(24-25-26)18(27)15-6-3-7-16(9-15)19(20,21)22/h2-9,11-12,18,27H,1H3. The molecule has 0 fully saturated rings. The van der Waals surface area contributed by atoms with Crippen LogP contribution in [0.15, 0.2) is 54.7 Å². The highest BCUT2D eigenvalue weighted by molar-refractivity contribution is 5.34. The molecule has 27 heavy (non-hydrogen) atoms. The van der Waals surface area contributed by atoms with Crippen molar-refractivity contribution in [1.82, 2.24) is 15.0 Å². The molecule has 2 unspecified atom stereocenters. The zero-order valence-electron chi connectivity index (χ0n) is 14.2. The fourth-order valence-corrected chi connectivity index (χ4v) is 2.68. The molecule has 0 radical (unpaired) electrons. The summed E-state index contributed by atoms with van der Waals surface area (Å²) < 4.78 is 40.1. The first-order valence-electron chi connectivity index (χ1n) is 8.06. The molecule has 138 valence electrons. The van der Waals surface area contributed by atoms with E-state index < -0.39 is 17.8 Å². The molecule has 0 aliphatic carbocycles. The van der Waals surface area contributed by atoms with Gasteiger partial charge in [0.15, 0.2) is 0 Å². The summed E-state index contributed by atoms with van der Waals surface area (Å²) in [5.41, 5.74) is 0.699. The van der Waals surface area contributed by atoms with Gasteiger partial charge in [-0.2, -0.15) is 18.4 Å². The molecule has 3 aromatic rings. The Balaban J connectivity index is 1.86. The van der Waals surface area contributed by atoms with E-state index in [4.69, 9.17) is 5.26 Å². The van der Waals surface area contributed by atoms with Crippen molar-refractivity contribution in [1.29, 1.82) is 5.26 Å². The molecule has 2 aromatic carbocycles. The van der Waals surface area contributed by atoms with Gasteiger partial charge in [-0.25, -0.2) is 4.68 Å². The number of nitrogens with zero attached hydrogens (tertiary/aromatic N) is 4. The summed E-state index contributed by atoms with van der Waals surface area (Å²) in [7, 11) is 0. The molecule has 0 saturated heterocycles. The fraction of sp³-hybridized carbons (Fsp3) is 0.211. The van der Waals surface area contributed by atoms with Gasteiger partial charge in [-0.3, -0.25) is 0 Å². The normalized spacial score (nSPS) is 13.8. The molecule has 0 spiro atoms. The van der Waals surface area contributed by atoms with E-state index in [2.05, 4.69) is 16.4 Å². The average molecular weight is 372 g/mol. The lowest BCUT2D eigenvalue weighted by Crippen LogP contribution is -2.08. The molecule has 0 amide bonds. The monoisotopic (exact) mass is 372 g/mol. The first-order valence-corrected chi connectivity index (χ1v) is 8.06. The summed E-state index contributed by atoms with van der Waals surface area (Å²) in [6.07, 6.45) is -4.35. The average Bonchev–Trinajstić information content (AvgIpc) is 3.16. The van der Waals surface area contributed by atoms with Crippen LogP contribution in [0, 0.1) is 11.3 Å². The topological polar surface area (TPSA) is 74.7 Å². The third kappa shape index (κ3) is 3.99. The van der Waals surface area contributed by atoms with Crippen LogP contribution in [0.2, 0.25) is 0 Å². The molecule has 2 atom stereocenters. The van der Waals surface area contributed by atoms with Crippen LogP contribution in [0.5, 0.6) is 0 Å². The summed E-state index contributed by atoms with van der Waals surface area (Å²) in [6.45, 7) is 1.84. The van der Waals surface area contributed by atoms with Gasteiger partial charge in [-0.15, -0.1) is 5.10 Å². The molecule has 1 N–H and O–H groups in total. The van der Waals surface area contributed by atoms with Gasteiger partial charge in [-0.05, 0) is 42.3 Å². The highest BCUT2D eigenvalue weighted by Gasteiger charge is 2.31. The van der Waals surface area contributed by atoms with Crippen LogP contribution in [0.1, 0.15) is 47.0 Å². The number of aliphatic hydroxyl groups is 1. The maximum atomic E-state index is 12.9. The Kier molecular flexibility index (Phi) is 4.97. The van der Waals surface area contributed by atoms with E-state index in [1.807, 2.05) is 13.0 Å². The van der Waals surface area contributed by atoms with Crippen molar-refractivity contribution >= 4 is 0 Å². The van der Waals surface area contributed by atoms with Crippen LogP contribution >= 0.6 is 0 Å². The summed E-state index contributed by atoms with van der Waals surface area (Å²) in [4.78, 5) is 0. The number of rotatable bonds is 4. The smallest absolute Gasteiger partial charge is 0.382 e. The lowest BCUT2D eigenvalue weighted by atomic mass is 10.0. The zero-order valence-corrected chi connectivity index (χ0v) is 14.2. The molecule has 1 aromatic heterocycles. The van der Waals surface area contributed by atoms with E-state index in [0.29, 0.717) is 5.56 Å². The van der Waals surface area contributed by atoms with Gasteiger partial charge in [-0.1, -0.05) is 29.5 Å². The van der Waals surface area contributed by atoms with E-state index in [0.717, 1.165) is 17.7 Å². The maximum Gasteiger partial charge on any atom is 0.416 e. The minimum atomic E-state index is -4.49. The highest BCUT2D eigenvalue weighted by atomic mass is 19.4. The van der Waals surface area contributed by atoms with Crippen LogP contribution in [0.25, 0.3) is 0 Å². The van der Waals surface area contributed by atoms with Crippen LogP contribution < -0.4 is 0 Å². The Morgan fingerprint density at radius 1 is 1.11 bits per heavy atom. The molecule has 0 aliphatic rings. The Morgan fingerprint density at radius 2 is 1.81 bits per heavy atom. The number of nitriles is 1. The summed E-state index contributed by atoms with van der Waals surface area (Å²) in [5.74, 6) is 0. The van der Waals surface area contributed by atoms with E-state index in [1.54, 1.807) is 18.2 Å². The molecule has 3 rings (SSSR count). The van der Waals surface area contributed by atoms with Crippen LogP contribution in [0.3, 0.4) is 0 Å². The number of hydrogen-bond acceptors (Lipinski definition) is 4. The van der Waals surface area contributed by atoms with Crippen molar-refractivity contribution < 1.29 is 18.3 Å². The number of aliphatic hydroxyl groups excluding tert-OH is 1. The Bertz CT molecular complexity index is 991. The van der Waals surface area contributed by atoms with Crippen molar-refractivity contribution in [3.8, 4) is 6.07 Å². The second kappa shape index (κ2) is 7.21. The Labute approximate surface area is 153 Å². The molecular formula is C19H15F3N4O. The van der Waals surface area contributed by atoms with Gasteiger partial charge in [0.25, 0.3) is 0 Å². The van der Waals surface area contributed by atoms with Crippen LogP contribution in [0.4, 0.5) is 13.2 Å². The Hall–Kier alpha value is -3.18.